The summed E-state index contributed by atoms with van der Waals surface area (Å²) in [6, 6.07) is 12.5. The lowest BCUT2D eigenvalue weighted by Gasteiger charge is -2.22. The fraction of sp³-hybridized carbons (Fsp3) is 0.318. The van der Waals surface area contributed by atoms with Gasteiger partial charge in [-0.05, 0) is 49.2 Å². The van der Waals surface area contributed by atoms with E-state index in [1.807, 2.05) is 23.1 Å². The first-order valence-corrected chi connectivity index (χ1v) is 9.94. The highest BCUT2D eigenvalue weighted by Crippen LogP contribution is 2.41. The first-order valence-electron chi connectivity index (χ1n) is 9.94. The number of hydrogen-bond acceptors (Lipinski definition) is 6. The second-order valence-electron chi connectivity index (χ2n) is 7.78. The van der Waals surface area contributed by atoms with Crippen LogP contribution in [0.4, 0.5) is 0 Å². The number of likely N-dealkylation sites (tertiary alicyclic amines) is 1. The molecule has 152 valence electrons. The van der Waals surface area contributed by atoms with Gasteiger partial charge in [-0.1, -0.05) is 6.07 Å². The summed E-state index contributed by atoms with van der Waals surface area (Å²) in [4.78, 5) is 31.9. The predicted molar refractivity (Wildman–Crippen MR) is 109 cm³/mol. The summed E-state index contributed by atoms with van der Waals surface area (Å²) in [5.74, 6) is 1.31. The van der Waals surface area contributed by atoms with Gasteiger partial charge in [0, 0.05) is 31.4 Å². The van der Waals surface area contributed by atoms with Gasteiger partial charge in [0.15, 0.2) is 5.69 Å². The SMILES string of the molecule is COc1ccc(-c2nnc3n(c2=O)CC[C@]32CCN(C(=O)c3ccccn3)C2)cc1. The molecular formula is C22H21N5O3. The Morgan fingerprint density at radius 1 is 1.07 bits per heavy atom. The third kappa shape index (κ3) is 2.87. The van der Waals surface area contributed by atoms with Crippen molar-refractivity contribution in [2.45, 2.75) is 24.8 Å². The number of rotatable bonds is 3. The van der Waals surface area contributed by atoms with Crippen molar-refractivity contribution in [2.24, 2.45) is 0 Å². The fourth-order valence-electron chi connectivity index (χ4n) is 4.47. The van der Waals surface area contributed by atoms with Crippen LogP contribution in [0.25, 0.3) is 11.3 Å². The van der Waals surface area contributed by atoms with Crippen LogP contribution in [0, 0.1) is 0 Å². The zero-order chi connectivity index (χ0) is 20.7. The number of hydrogen-bond donors (Lipinski definition) is 0. The Morgan fingerprint density at radius 2 is 1.87 bits per heavy atom. The Kier molecular flexibility index (Phi) is 4.34. The first-order chi connectivity index (χ1) is 14.6. The number of amides is 1. The molecule has 2 aromatic heterocycles. The standard InChI is InChI=1S/C22H21N5O3/c1-30-16-7-5-15(6-8-16)18-20(29)27-13-10-22(21(27)25-24-18)9-12-26(14-22)19(28)17-4-2-3-11-23-17/h2-8,11H,9-10,12-14H2,1H3/t22-/m0/s1. The van der Waals surface area contributed by atoms with Crippen LogP contribution in [0.2, 0.25) is 0 Å². The molecule has 0 aliphatic carbocycles. The number of methoxy groups -OCH3 is 1. The van der Waals surface area contributed by atoms with Gasteiger partial charge in [-0.15, -0.1) is 10.2 Å². The monoisotopic (exact) mass is 403 g/mol. The summed E-state index contributed by atoms with van der Waals surface area (Å²) in [6.45, 7) is 1.72. The van der Waals surface area contributed by atoms with Crippen LogP contribution < -0.4 is 10.3 Å². The van der Waals surface area contributed by atoms with E-state index in [1.54, 1.807) is 42.1 Å². The van der Waals surface area contributed by atoms with Gasteiger partial charge in [-0.2, -0.15) is 0 Å². The van der Waals surface area contributed by atoms with Crippen molar-refractivity contribution in [3.63, 3.8) is 0 Å². The summed E-state index contributed by atoms with van der Waals surface area (Å²) < 4.78 is 6.90. The molecule has 5 rings (SSSR count). The number of aromatic nitrogens is 4. The van der Waals surface area contributed by atoms with Gasteiger partial charge in [-0.3, -0.25) is 19.1 Å². The van der Waals surface area contributed by atoms with E-state index in [4.69, 9.17) is 4.74 Å². The van der Waals surface area contributed by atoms with Crippen LogP contribution in [-0.4, -0.2) is 50.8 Å². The van der Waals surface area contributed by atoms with E-state index in [-0.39, 0.29) is 16.9 Å². The fourth-order valence-corrected chi connectivity index (χ4v) is 4.47. The topological polar surface area (TPSA) is 90.2 Å². The summed E-state index contributed by atoms with van der Waals surface area (Å²) in [7, 11) is 1.60. The van der Waals surface area contributed by atoms with Crippen molar-refractivity contribution < 1.29 is 9.53 Å². The Morgan fingerprint density at radius 3 is 2.60 bits per heavy atom. The molecule has 1 fully saturated rings. The van der Waals surface area contributed by atoms with Crippen molar-refractivity contribution in [3.05, 3.63) is 70.5 Å². The molecule has 1 saturated heterocycles. The lowest BCUT2D eigenvalue weighted by Crippen LogP contribution is -2.35. The number of carbonyl (C=O) groups is 1. The van der Waals surface area contributed by atoms with E-state index >= 15 is 0 Å². The van der Waals surface area contributed by atoms with Crippen molar-refractivity contribution in [2.75, 3.05) is 20.2 Å². The molecule has 0 bridgehead atoms. The molecule has 8 heteroatoms. The maximum atomic E-state index is 13.1. The van der Waals surface area contributed by atoms with Gasteiger partial charge in [0.2, 0.25) is 0 Å². The van der Waals surface area contributed by atoms with E-state index in [9.17, 15) is 9.59 Å². The zero-order valence-electron chi connectivity index (χ0n) is 16.6. The normalized spacial score (nSPS) is 19.8. The van der Waals surface area contributed by atoms with Crippen molar-refractivity contribution in [3.8, 4) is 17.0 Å². The van der Waals surface area contributed by atoms with Gasteiger partial charge < -0.3 is 9.64 Å². The smallest absolute Gasteiger partial charge is 0.280 e. The van der Waals surface area contributed by atoms with Crippen LogP contribution in [0.1, 0.15) is 29.2 Å². The van der Waals surface area contributed by atoms with Crippen LogP contribution in [0.15, 0.2) is 53.5 Å². The predicted octanol–water partition coefficient (Wildman–Crippen LogP) is 1.90. The second kappa shape index (κ2) is 7.05. The Hall–Kier alpha value is -3.55. The molecule has 1 spiro atoms. The average Bonchev–Trinajstić information content (AvgIpc) is 3.39. The average molecular weight is 403 g/mol. The lowest BCUT2D eigenvalue weighted by molar-refractivity contribution is 0.0777. The summed E-state index contributed by atoms with van der Waals surface area (Å²) in [5, 5.41) is 8.75. The van der Waals surface area contributed by atoms with Gasteiger partial charge in [0.1, 0.15) is 17.3 Å². The second-order valence-corrected chi connectivity index (χ2v) is 7.78. The maximum absolute atomic E-state index is 13.1. The number of benzene rings is 1. The molecule has 2 aliphatic heterocycles. The Labute approximate surface area is 173 Å². The van der Waals surface area contributed by atoms with Crippen molar-refractivity contribution in [1.29, 1.82) is 0 Å². The highest BCUT2D eigenvalue weighted by atomic mass is 16.5. The number of fused-ring (bicyclic) bond motifs is 2. The van der Waals surface area contributed by atoms with Crippen LogP contribution in [-0.2, 0) is 12.0 Å². The molecule has 1 atom stereocenters. The largest absolute Gasteiger partial charge is 0.497 e. The summed E-state index contributed by atoms with van der Waals surface area (Å²) >= 11 is 0. The van der Waals surface area contributed by atoms with E-state index in [2.05, 4.69) is 15.2 Å². The van der Waals surface area contributed by atoms with Gasteiger partial charge >= 0.3 is 0 Å². The molecule has 0 saturated carbocycles. The van der Waals surface area contributed by atoms with Crippen LogP contribution in [0.3, 0.4) is 0 Å². The molecule has 0 unspecified atom stereocenters. The third-order valence-electron chi connectivity index (χ3n) is 6.12. The molecular weight excluding hydrogens is 382 g/mol. The van der Waals surface area contributed by atoms with Crippen LogP contribution >= 0.6 is 0 Å². The van der Waals surface area contributed by atoms with E-state index in [0.717, 1.165) is 18.6 Å². The molecule has 0 N–H and O–H groups in total. The number of pyridine rings is 1. The molecule has 1 aromatic carbocycles. The maximum Gasteiger partial charge on any atom is 0.280 e. The highest BCUT2D eigenvalue weighted by Gasteiger charge is 2.48. The molecule has 0 radical (unpaired) electrons. The number of nitrogens with zero attached hydrogens (tertiary/aromatic N) is 5. The first kappa shape index (κ1) is 18.5. The van der Waals surface area contributed by atoms with E-state index in [0.29, 0.717) is 42.4 Å². The summed E-state index contributed by atoms with van der Waals surface area (Å²) in [5.41, 5.74) is 1.01. The molecule has 4 heterocycles. The summed E-state index contributed by atoms with van der Waals surface area (Å²) in [6.07, 6.45) is 3.16. The van der Waals surface area contributed by atoms with Gasteiger partial charge in [-0.25, -0.2) is 0 Å². The molecule has 8 nitrogen and oxygen atoms in total. The van der Waals surface area contributed by atoms with Crippen LogP contribution in [0.5, 0.6) is 5.75 Å². The highest BCUT2D eigenvalue weighted by molar-refractivity contribution is 5.92. The molecule has 1 amide bonds. The van der Waals surface area contributed by atoms with E-state index in [1.165, 1.54) is 0 Å². The van der Waals surface area contributed by atoms with E-state index < -0.39 is 0 Å². The quantitative estimate of drug-likeness (QED) is 0.663. The third-order valence-corrected chi connectivity index (χ3v) is 6.12. The molecule has 30 heavy (non-hydrogen) atoms. The molecule has 2 aliphatic rings. The minimum absolute atomic E-state index is 0.0870. The Bertz CT molecular complexity index is 1160. The minimum Gasteiger partial charge on any atom is -0.497 e. The van der Waals surface area contributed by atoms with Crippen molar-refractivity contribution in [1.82, 2.24) is 24.6 Å². The Balaban J connectivity index is 1.44. The zero-order valence-corrected chi connectivity index (χ0v) is 16.6. The van der Waals surface area contributed by atoms with Crippen molar-refractivity contribution >= 4 is 5.91 Å². The minimum atomic E-state index is -0.324. The number of ether oxygens (including phenoxy) is 1. The lowest BCUT2D eigenvalue weighted by atomic mass is 9.85. The molecule has 3 aromatic rings. The van der Waals surface area contributed by atoms with Gasteiger partial charge in [0.25, 0.3) is 11.5 Å². The van der Waals surface area contributed by atoms with Gasteiger partial charge in [0.05, 0.1) is 12.5 Å². The number of carbonyl (C=O) groups excluding carboxylic acids is 1.